The summed E-state index contributed by atoms with van der Waals surface area (Å²) in [7, 11) is 0. The maximum absolute atomic E-state index is 12.6. The molecule has 1 atom stereocenters. The highest BCUT2D eigenvalue weighted by Crippen LogP contribution is 2.32. The molecule has 4 nitrogen and oxygen atoms in total. The smallest absolute Gasteiger partial charge is 0.317 e. The Labute approximate surface area is 138 Å². The van der Waals surface area contributed by atoms with Crippen LogP contribution in [0.25, 0.3) is 0 Å². The molecule has 1 saturated carbocycles. The summed E-state index contributed by atoms with van der Waals surface area (Å²) >= 11 is 0. The normalized spacial score (nSPS) is 25.6. The van der Waals surface area contributed by atoms with Gasteiger partial charge in [-0.3, -0.25) is 4.90 Å². The van der Waals surface area contributed by atoms with Crippen LogP contribution in [0.5, 0.6) is 0 Å². The third kappa shape index (κ3) is 3.09. The fourth-order valence-corrected chi connectivity index (χ4v) is 4.43. The van der Waals surface area contributed by atoms with Crippen LogP contribution in [0, 0.1) is 0 Å². The quantitative estimate of drug-likeness (QED) is 0.865. The van der Waals surface area contributed by atoms with Crippen molar-refractivity contribution in [3.8, 4) is 0 Å². The summed E-state index contributed by atoms with van der Waals surface area (Å²) in [6.07, 6.45) is 7.28. The van der Waals surface area contributed by atoms with E-state index < -0.39 is 0 Å². The number of urea groups is 1. The summed E-state index contributed by atoms with van der Waals surface area (Å²) < 4.78 is 0. The van der Waals surface area contributed by atoms with Crippen molar-refractivity contribution in [1.82, 2.24) is 15.1 Å². The second-order valence-corrected chi connectivity index (χ2v) is 7.23. The number of hydrogen-bond acceptors (Lipinski definition) is 2. The van der Waals surface area contributed by atoms with Crippen molar-refractivity contribution in [2.75, 3.05) is 26.2 Å². The van der Waals surface area contributed by atoms with Gasteiger partial charge in [-0.2, -0.15) is 0 Å². The predicted molar refractivity (Wildman–Crippen MR) is 91.4 cm³/mol. The van der Waals surface area contributed by atoms with E-state index in [9.17, 15) is 4.79 Å². The van der Waals surface area contributed by atoms with Gasteiger partial charge in [0.25, 0.3) is 0 Å². The lowest BCUT2D eigenvalue weighted by Crippen LogP contribution is -2.56. The molecule has 4 heteroatoms. The van der Waals surface area contributed by atoms with Crippen LogP contribution in [-0.2, 0) is 6.42 Å². The van der Waals surface area contributed by atoms with E-state index in [0.717, 1.165) is 45.4 Å². The Morgan fingerprint density at radius 2 is 1.87 bits per heavy atom. The first kappa shape index (κ1) is 15.0. The Morgan fingerprint density at radius 1 is 1.04 bits per heavy atom. The summed E-state index contributed by atoms with van der Waals surface area (Å²) in [5.74, 6) is 0. The number of fused-ring (bicyclic) bond motifs is 3. The number of rotatable bonds is 1. The monoisotopic (exact) mass is 313 g/mol. The number of carbonyl (C=O) groups is 1. The van der Waals surface area contributed by atoms with Crippen LogP contribution < -0.4 is 5.32 Å². The molecule has 23 heavy (non-hydrogen) atoms. The Kier molecular flexibility index (Phi) is 4.25. The Hall–Kier alpha value is -1.55. The van der Waals surface area contributed by atoms with E-state index in [-0.39, 0.29) is 6.03 Å². The number of nitrogens with one attached hydrogen (secondary N) is 1. The molecule has 4 rings (SSSR count). The van der Waals surface area contributed by atoms with Crippen LogP contribution in [0.1, 0.15) is 49.3 Å². The Bertz CT molecular complexity index is 567. The van der Waals surface area contributed by atoms with Gasteiger partial charge in [-0.05, 0) is 30.4 Å². The number of benzene rings is 1. The van der Waals surface area contributed by atoms with Crippen LogP contribution in [0.4, 0.5) is 4.79 Å². The van der Waals surface area contributed by atoms with Crippen molar-refractivity contribution in [3.63, 3.8) is 0 Å². The van der Waals surface area contributed by atoms with Gasteiger partial charge < -0.3 is 10.2 Å². The van der Waals surface area contributed by atoms with E-state index in [2.05, 4.69) is 34.5 Å². The van der Waals surface area contributed by atoms with Crippen LogP contribution >= 0.6 is 0 Å². The molecule has 0 aromatic heterocycles. The molecule has 2 amide bonds. The Balaban J connectivity index is 1.43. The summed E-state index contributed by atoms with van der Waals surface area (Å²) in [6, 6.07) is 9.68. The van der Waals surface area contributed by atoms with Crippen molar-refractivity contribution in [2.24, 2.45) is 0 Å². The van der Waals surface area contributed by atoms with Crippen LogP contribution in [0.2, 0.25) is 0 Å². The minimum absolute atomic E-state index is 0.152. The van der Waals surface area contributed by atoms with Gasteiger partial charge in [0.1, 0.15) is 0 Å². The lowest BCUT2D eigenvalue weighted by atomic mass is 9.91. The molecule has 1 aromatic rings. The van der Waals surface area contributed by atoms with Crippen molar-refractivity contribution in [2.45, 2.75) is 50.6 Å². The molecule has 2 fully saturated rings. The molecular weight excluding hydrogens is 286 g/mol. The Morgan fingerprint density at radius 3 is 2.74 bits per heavy atom. The molecule has 1 aliphatic carbocycles. The molecule has 0 bridgehead atoms. The lowest BCUT2D eigenvalue weighted by molar-refractivity contribution is 0.0811. The standard InChI is InChI=1S/C19H27N3O/c23-19(20-16-7-2-1-3-8-16)22-13-12-21-11-10-15-6-4-5-9-17(15)18(21)14-22/h4-6,9,16,18H,1-3,7-8,10-14H2,(H,20,23). The highest BCUT2D eigenvalue weighted by molar-refractivity contribution is 5.74. The second-order valence-electron chi connectivity index (χ2n) is 7.23. The number of amides is 2. The molecule has 2 aliphatic heterocycles. The summed E-state index contributed by atoms with van der Waals surface area (Å²) in [6.45, 7) is 3.81. The highest BCUT2D eigenvalue weighted by Gasteiger charge is 2.34. The maximum atomic E-state index is 12.6. The van der Waals surface area contributed by atoms with Crippen molar-refractivity contribution in [1.29, 1.82) is 0 Å². The zero-order chi connectivity index (χ0) is 15.6. The highest BCUT2D eigenvalue weighted by atomic mass is 16.2. The average molecular weight is 313 g/mol. The third-order valence-electron chi connectivity index (χ3n) is 5.79. The van der Waals surface area contributed by atoms with Gasteiger partial charge >= 0.3 is 6.03 Å². The molecule has 2 heterocycles. The first-order chi connectivity index (χ1) is 11.3. The minimum Gasteiger partial charge on any atom is -0.335 e. The number of hydrogen-bond donors (Lipinski definition) is 1. The van der Waals surface area contributed by atoms with Gasteiger partial charge in [0.15, 0.2) is 0 Å². The molecule has 124 valence electrons. The first-order valence-corrected chi connectivity index (χ1v) is 9.18. The van der Waals surface area contributed by atoms with Crippen molar-refractivity contribution in [3.05, 3.63) is 35.4 Å². The fraction of sp³-hybridized carbons (Fsp3) is 0.632. The van der Waals surface area contributed by atoms with Gasteiger partial charge in [0.05, 0.1) is 6.04 Å². The molecule has 1 aromatic carbocycles. The number of piperazine rings is 1. The van der Waals surface area contributed by atoms with E-state index in [4.69, 9.17) is 0 Å². The van der Waals surface area contributed by atoms with E-state index in [1.165, 1.54) is 30.4 Å². The van der Waals surface area contributed by atoms with Gasteiger partial charge in [-0.15, -0.1) is 0 Å². The predicted octanol–water partition coefficient (Wildman–Crippen LogP) is 2.94. The first-order valence-electron chi connectivity index (χ1n) is 9.18. The van der Waals surface area contributed by atoms with Crippen molar-refractivity contribution < 1.29 is 4.79 Å². The average Bonchev–Trinajstić information content (AvgIpc) is 2.62. The van der Waals surface area contributed by atoms with E-state index >= 15 is 0 Å². The molecule has 1 saturated heterocycles. The van der Waals surface area contributed by atoms with Crippen molar-refractivity contribution >= 4 is 6.03 Å². The SMILES string of the molecule is O=C(NC1CCCCC1)N1CCN2CCc3ccccc3C2C1. The largest absolute Gasteiger partial charge is 0.335 e. The van der Waals surface area contributed by atoms with Crippen LogP contribution in [0.15, 0.2) is 24.3 Å². The summed E-state index contributed by atoms with van der Waals surface area (Å²) in [5.41, 5.74) is 2.89. The van der Waals surface area contributed by atoms with Crippen LogP contribution in [-0.4, -0.2) is 48.1 Å². The maximum Gasteiger partial charge on any atom is 0.317 e. The molecule has 1 unspecified atom stereocenters. The van der Waals surface area contributed by atoms with Gasteiger partial charge in [-0.25, -0.2) is 4.79 Å². The number of nitrogens with zero attached hydrogens (tertiary/aromatic N) is 2. The molecule has 3 aliphatic rings. The van der Waals surface area contributed by atoms with Gasteiger partial charge in [-0.1, -0.05) is 43.5 Å². The molecule has 0 spiro atoms. The fourth-order valence-electron chi connectivity index (χ4n) is 4.43. The third-order valence-corrected chi connectivity index (χ3v) is 5.79. The summed E-state index contributed by atoms with van der Waals surface area (Å²) in [4.78, 5) is 17.2. The second kappa shape index (κ2) is 6.52. The molecule has 0 radical (unpaired) electrons. The minimum atomic E-state index is 0.152. The van der Waals surface area contributed by atoms with E-state index in [0.29, 0.717) is 12.1 Å². The zero-order valence-corrected chi connectivity index (χ0v) is 13.8. The topological polar surface area (TPSA) is 35.6 Å². The zero-order valence-electron chi connectivity index (χ0n) is 13.8. The van der Waals surface area contributed by atoms with Gasteiger partial charge in [0.2, 0.25) is 0 Å². The van der Waals surface area contributed by atoms with Gasteiger partial charge in [0, 0.05) is 32.2 Å². The van der Waals surface area contributed by atoms with E-state index in [1.54, 1.807) is 0 Å². The lowest BCUT2D eigenvalue weighted by Gasteiger charge is -2.45. The summed E-state index contributed by atoms with van der Waals surface area (Å²) in [5, 5.41) is 3.28. The van der Waals surface area contributed by atoms with E-state index in [1.807, 2.05) is 4.90 Å². The molecular formula is C19H27N3O. The number of carbonyl (C=O) groups excluding carboxylic acids is 1. The molecule has 1 N–H and O–H groups in total. The van der Waals surface area contributed by atoms with Crippen LogP contribution in [0.3, 0.4) is 0 Å².